The molecule has 0 unspecified atom stereocenters. The molecule has 0 radical (unpaired) electrons. The predicted octanol–water partition coefficient (Wildman–Crippen LogP) is 3.48. The van der Waals surface area contributed by atoms with Gasteiger partial charge in [-0.15, -0.1) is 0 Å². The van der Waals surface area contributed by atoms with E-state index in [1.807, 2.05) is 18.2 Å². The van der Waals surface area contributed by atoms with Crippen LogP contribution in [0.25, 0.3) is 0 Å². The molecule has 110 valence electrons. The standard InChI is InChI=1S/C18H20FNO/c1-2-13-3-7-18(8-4-13)21-12-17-10-15-9-16(19)6-5-14(15)11-20-17/h3-9,17,20H,2,10-12H2,1H3/t17-/m0/s1. The van der Waals surface area contributed by atoms with E-state index in [0.29, 0.717) is 6.61 Å². The van der Waals surface area contributed by atoms with Gasteiger partial charge in [-0.3, -0.25) is 0 Å². The first-order chi connectivity index (χ1) is 10.2. The van der Waals surface area contributed by atoms with E-state index in [2.05, 4.69) is 24.4 Å². The van der Waals surface area contributed by atoms with Gasteiger partial charge < -0.3 is 10.1 Å². The number of halogens is 1. The highest BCUT2D eigenvalue weighted by atomic mass is 19.1. The summed E-state index contributed by atoms with van der Waals surface area (Å²) < 4.78 is 19.1. The van der Waals surface area contributed by atoms with Gasteiger partial charge in [-0.25, -0.2) is 4.39 Å². The van der Waals surface area contributed by atoms with Gasteiger partial charge in [-0.05, 0) is 53.8 Å². The maximum Gasteiger partial charge on any atom is 0.123 e. The van der Waals surface area contributed by atoms with E-state index in [1.165, 1.54) is 17.2 Å². The highest BCUT2D eigenvalue weighted by molar-refractivity contribution is 5.31. The average molecular weight is 285 g/mol. The molecule has 3 rings (SSSR count). The topological polar surface area (TPSA) is 21.3 Å². The van der Waals surface area contributed by atoms with Crippen LogP contribution in [0.15, 0.2) is 42.5 Å². The molecule has 0 aromatic heterocycles. The first-order valence-electron chi connectivity index (χ1n) is 7.47. The Bertz CT molecular complexity index is 609. The first-order valence-corrected chi connectivity index (χ1v) is 7.47. The minimum atomic E-state index is -0.162. The molecule has 0 saturated heterocycles. The lowest BCUT2D eigenvalue weighted by molar-refractivity contribution is 0.256. The minimum Gasteiger partial charge on any atom is -0.492 e. The smallest absolute Gasteiger partial charge is 0.123 e. The fourth-order valence-electron chi connectivity index (χ4n) is 2.68. The van der Waals surface area contributed by atoms with Crippen LogP contribution in [0.2, 0.25) is 0 Å². The molecule has 0 saturated carbocycles. The van der Waals surface area contributed by atoms with E-state index < -0.39 is 0 Å². The molecule has 1 aliphatic heterocycles. The molecule has 1 aliphatic rings. The summed E-state index contributed by atoms with van der Waals surface area (Å²) in [7, 11) is 0. The van der Waals surface area contributed by atoms with Crippen LogP contribution in [0.1, 0.15) is 23.6 Å². The quantitative estimate of drug-likeness (QED) is 0.928. The second-order valence-electron chi connectivity index (χ2n) is 5.50. The normalized spacial score (nSPS) is 17.3. The SMILES string of the molecule is CCc1ccc(OC[C@@H]2Cc3cc(F)ccc3CN2)cc1. The Kier molecular flexibility index (Phi) is 4.20. The van der Waals surface area contributed by atoms with Crippen molar-refractivity contribution in [1.82, 2.24) is 5.32 Å². The number of fused-ring (bicyclic) bond motifs is 1. The number of rotatable bonds is 4. The molecule has 21 heavy (non-hydrogen) atoms. The van der Waals surface area contributed by atoms with Crippen molar-refractivity contribution in [1.29, 1.82) is 0 Å². The van der Waals surface area contributed by atoms with E-state index in [0.717, 1.165) is 30.7 Å². The Morgan fingerprint density at radius 2 is 1.95 bits per heavy atom. The summed E-state index contributed by atoms with van der Waals surface area (Å²) in [6, 6.07) is 13.4. The summed E-state index contributed by atoms with van der Waals surface area (Å²) in [5.41, 5.74) is 3.58. The van der Waals surface area contributed by atoms with Crippen LogP contribution in [0.3, 0.4) is 0 Å². The van der Waals surface area contributed by atoms with Crippen LogP contribution >= 0.6 is 0 Å². The molecule has 0 bridgehead atoms. The van der Waals surface area contributed by atoms with E-state index in [-0.39, 0.29) is 11.9 Å². The zero-order chi connectivity index (χ0) is 14.7. The van der Waals surface area contributed by atoms with Crippen molar-refractivity contribution >= 4 is 0 Å². The molecule has 2 aromatic carbocycles. The molecule has 3 heteroatoms. The maximum atomic E-state index is 13.3. The van der Waals surface area contributed by atoms with Crippen LogP contribution < -0.4 is 10.1 Å². The average Bonchev–Trinajstić information content (AvgIpc) is 2.53. The van der Waals surface area contributed by atoms with Crippen LogP contribution in [0.5, 0.6) is 5.75 Å². The third kappa shape index (κ3) is 3.42. The molecular weight excluding hydrogens is 265 g/mol. The molecule has 1 heterocycles. The number of benzene rings is 2. The first kappa shape index (κ1) is 14.1. The number of hydrogen-bond acceptors (Lipinski definition) is 2. The van der Waals surface area contributed by atoms with Gasteiger partial charge >= 0.3 is 0 Å². The molecule has 1 N–H and O–H groups in total. The fraction of sp³-hybridized carbons (Fsp3) is 0.333. The monoisotopic (exact) mass is 285 g/mol. The van der Waals surface area contributed by atoms with Gasteiger partial charge in [0, 0.05) is 12.6 Å². The zero-order valence-corrected chi connectivity index (χ0v) is 12.2. The second kappa shape index (κ2) is 6.27. The maximum absolute atomic E-state index is 13.3. The van der Waals surface area contributed by atoms with Crippen molar-refractivity contribution in [3.05, 3.63) is 65.0 Å². The Morgan fingerprint density at radius 3 is 2.71 bits per heavy atom. The number of nitrogens with one attached hydrogen (secondary N) is 1. The third-order valence-electron chi connectivity index (χ3n) is 4.00. The Labute approximate surface area is 125 Å². The van der Waals surface area contributed by atoms with Gasteiger partial charge in [0.2, 0.25) is 0 Å². The number of ether oxygens (including phenoxy) is 1. The van der Waals surface area contributed by atoms with E-state index in [9.17, 15) is 4.39 Å². The Balaban J connectivity index is 1.59. The van der Waals surface area contributed by atoms with E-state index in [1.54, 1.807) is 6.07 Å². The summed E-state index contributed by atoms with van der Waals surface area (Å²) in [5.74, 6) is 0.726. The summed E-state index contributed by atoms with van der Waals surface area (Å²) in [5, 5.41) is 3.44. The van der Waals surface area contributed by atoms with Gasteiger partial charge in [0.1, 0.15) is 18.2 Å². The van der Waals surface area contributed by atoms with Crippen molar-refractivity contribution < 1.29 is 9.13 Å². The lowest BCUT2D eigenvalue weighted by Gasteiger charge is -2.26. The molecule has 2 aromatic rings. The summed E-state index contributed by atoms with van der Waals surface area (Å²) in [6.45, 7) is 3.51. The molecule has 0 amide bonds. The van der Waals surface area contributed by atoms with Gasteiger partial charge in [-0.2, -0.15) is 0 Å². The number of hydrogen-bond donors (Lipinski definition) is 1. The summed E-state index contributed by atoms with van der Waals surface area (Å²) in [6.07, 6.45) is 1.84. The second-order valence-corrected chi connectivity index (χ2v) is 5.50. The molecule has 0 fully saturated rings. The summed E-state index contributed by atoms with van der Waals surface area (Å²) in [4.78, 5) is 0. The predicted molar refractivity (Wildman–Crippen MR) is 82.0 cm³/mol. The van der Waals surface area contributed by atoms with Crippen molar-refractivity contribution in [3.63, 3.8) is 0 Å². The minimum absolute atomic E-state index is 0.162. The lowest BCUT2D eigenvalue weighted by Crippen LogP contribution is -2.40. The molecule has 1 atom stereocenters. The molecule has 0 aliphatic carbocycles. The van der Waals surface area contributed by atoms with Crippen molar-refractivity contribution in [2.24, 2.45) is 0 Å². The Morgan fingerprint density at radius 1 is 1.14 bits per heavy atom. The third-order valence-corrected chi connectivity index (χ3v) is 4.00. The van der Waals surface area contributed by atoms with E-state index >= 15 is 0 Å². The van der Waals surface area contributed by atoms with Crippen LogP contribution in [-0.4, -0.2) is 12.6 Å². The summed E-state index contributed by atoms with van der Waals surface area (Å²) >= 11 is 0. The van der Waals surface area contributed by atoms with Crippen LogP contribution in [-0.2, 0) is 19.4 Å². The zero-order valence-electron chi connectivity index (χ0n) is 12.2. The van der Waals surface area contributed by atoms with Gasteiger partial charge in [-0.1, -0.05) is 25.1 Å². The van der Waals surface area contributed by atoms with Gasteiger partial charge in [0.05, 0.1) is 0 Å². The Hall–Kier alpha value is -1.87. The van der Waals surface area contributed by atoms with Crippen molar-refractivity contribution in [2.45, 2.75) is 32.4 Å². The van der Waals surface area contributed by atoms with E-state index in [4.69, 9.17) is 4.74 Å². The van der Waals surface area contributed by atoms with Crippen molar-refractivity contribution in [2.75, 3.05) is 6.61 Å². The lowest BCUT2D eigenvalue weighted by atomic mass is 9.96. The van der Waals surface area contributed by atoms with Crippen LogP contribution in [0, 0.1) is 5.82 Å². The van der Waals surface area contributed by atoms with Gasteiger partial charge in [0.25, 0.3) is 0 Å². The molecule has 0 spiro atoms. The van der Waals surface area contributed by atoms with Gasteiger partial charge in [0.15, 0.2) is 0 Å². The highest BCUT2D eigenvalue weighted by Gasteiger charge is 2.18. The largest absolute Gasteiger partial charge is 0.492 e. The fourth-order valence-corrected chi connectivity index (χ4v) is 2.68. The van der Waals surface area contributed by atoms with Crippen LogP contribution in [0.4, 0.5) is 4.39 Å². The number of aryl methyl sites for hydroxylation is 1. The molecular formula is C18H20FNO. The highest BCUT2D eigenvalue weighted by Crippen LogP contribution is 2.19. The van der Waals surface area contributed by atoms with Crippen molar-refractivity contribution in [3.8, 4) is 5.75 Å². The molecule has 2 nitrogen and oxygen atoms in total.